The number of hydrogen-bond acceptors (Lipinski definition) is 3. The lowest BCUT2D eigenvalue weighted by atomic mass is 9.70. The first-order valence-electron chi connectivity index (χ1n) is 30.9. The highest BCUT2D eigenvalue weighted by atomic mass is 16.3. The summed E-state index contributed by atoms with van der Waals surface area (Å²) in [5.74, 6) is 0. The molecule has 3 nitrogen and oxygen atoms in total. The summed E-state index contributed by atoms with van der Waals surface area (Å²) in [6.07, 6.45) is 0. The lowest BCUT2D eigenvalue weighted by Gasteiger charge is -2.34. The summed E-state index contributed by atoms with van der Waals surface area (Å²) in [7, 11) is 0. The van der Waals surface area contributed by atoms with Crippen molar-refractivity contribution >= 4 is 56.1 Å². The maximum Gasteiger partial charge on any atom is 0.136 e. The van der Waals surface area contributed by atoms with Crippen molar-refractivity contribution in [1.29, 1.82) is 0 Å². The van der Waals surface area contributed by atoms with E-state index in [1.807, 2.05) is 0 Å². The molecule has 0 fully saturated rings. The number of fused-ring (bicyclic) bond motifs is 20. The van der Waals surface area contributed by atoms with Gasteiger partial charge >= 0.3 is 0 Å². The number of benzene rings is 13. The number of hydrogen-bond donors (Lipinski definition) is 0. The van der Waals surface area contributed by atoms with E-state index in [-0.39, 0.29) is 10.8 Å². The Balaban J connectivity index is 0.924. The fourth-order valence-electron chi connectivity index (χ4n) is 16.3. The van der Waals surface area contributed by atoms with Crippen LogP contribution in [0.2, 0.25) is 0 Å². The number of para-hydroxylation sites is 3. The van der Waals surface area contributed by atoms with E-state index < -0.39 is 5.41 Å². The molecule has 18 rings (SSSR count). The van der Waals surface area contributed by atoms with Crippen LogP contribution in [0, 0.1) is 0 Å². The van der Waals surface area contributed by atoms with E-state index in [1.54, 1.807) is 0 Å². The topological polar surface area (TPSA) is 19.6 Å². The fraction of sp³-hybridized carbons (Fsp3) is 0.0824. The van der Waals surface area contributed by atoms with Gasteiger partial charge in [-0.25, -0.2) is 0 Å². The fourth-order valence-corrected chi connectivity index (χ4v) is 16.3. The van der Waals surface area contributed by atoms with Crippen LogP contribution in [0.1, 0.15) is 72.2 Å². The maximum atomic E-state index is 6.84. The first-order chi connectivity index (χ1) is 43.2. The molecule has 1 heterocycles. The minimum atomic E-state index is -0.771. The first-order valence-corrected chi connectivity index (χ1v) is 30.9. The standard InChI is InChI=1S/C85H60N2O/c1-83(2)70-34-18-12-31-63(70)68-49-55(42-46-71(68)83)86(77-36-20-14-27-59(77)53-23-7-5-8-24-53)58-41-45-66-76(52-58)85(73-47-48-80-82(81(66)73)67-32-16-22-38-79(67)88-80)72-35-19-13-30-62(72)65-44-40-57(51-75(65)85)87(78-37-21-15-28-60(78)54-25-9-6-10-26-54)56-39-43-64-61-29-11-17-33-69(61)84(3,4)74(64)50-56/h5-52H,1-4H3. The lowest BCUT2D eigenvalue weighted by Crippen LogP contribution is -2.26. The molecule has 1 atom stereocenters. The number of anilines is 6. The summed E-state index contributed by atoms with van der Waals surface area (Å²) in [5.41, 5.74) is 32.4. The van der Waals surface area contributed by atoms with Gasteiger partial charge in [0.25, 0.3) is 0 Å². The zero-order valence-corrected chi connectivity index (χ0v) is 49.5. The van der Waals surface area contributed by atoms with Gasteiger partial charge in [0.15, 0.2) is 0 Å². The van der Waals surface area contributed by atoms with Gasteiger partial charge in [-0.3, -0.25) is 0 Å². The van der Waals surface area contributed by atoms with Crippen molar-refractivity contribution < 1.29 is 4.42 Å². The van der Waals surface area contributed by atoms with Crippen LogP contribution in [0.15, 0.2) is 296 Å². The van der Waals surface area contributed by atoms with Crippen LogP contribution in [-0.2, 0) is 16.2 Å². The molecule has 0 saturated heterocycles. The van der Waals surface area contributed by atoms with Crippen molar-refractivity contribution in [3.05, 3.63) is 336 Å². The molecule has 1 aromatic heterocycles. The Morgan fingerprint density at radius 3 is 1.27 bits per heavy atom. The molecule has 13 aromatic carbocycles. The van der Waals surface area contributed by atoms with Crippen LogP contribution in [0.4, 0.5) is 34.1 Å². The normalized spacial score (nSPS) is 15.5. The molecule has 0 radical (unpaired) electrons. The molecule has 1 spiro atoms. The minimum absolute atomic E-state index is 0.143. The Morgan fingerprint density at radius 2 is 0.659 bits per heavy atom. The molecule has 0 saturated carbocycles. The van der Waals surface area contributed by atoms with Crippen LogP contribution in [0.5, 0.6) is 0 Å². The predicted molar refractivity (Wildman–Crippen MR) is 365 cm³/mol. The largest absolute Gasteiger partial charge is 0.456 e. The highest BCUT2D eigenvalue weighted by molar-refractivity contribution is 6.16. The number of rotatable bonds is 8. The lowest BCUT2D eigenvalue weighted by molar-refractivity contribution is 0.660. The van der Waals surface area contributed by atoms with E-state index in [2.05, 4.69) is 329 Å². The Morgan fingerprint density at radius 1 is 0.261 bits per heavy atom. The molecular formula is C85H60N2O. The minimum Gasteiger partial charge on any atom is -0.456 e. The molecular weight excluding hydrogens is 1060 g/mol. The van der Waals surface area contributed by atoms with Crippen molar-refractivity contribution in [1.82, 2.24) is 0 Å². The molecule has 4 aliphatic rings. The first kappa shape index (κ1) is 50.6. The molecule has 4 aliphatic carbocycles. The van der Waals surface area contributed by atoms with Gasteiger partial charge in [0.1, 0.15) is 11.2 Å². The van der Waals surface area contributed by atoms with Gasteiger partial charge in [0.05, 0.1) is 16.8 Å². The monoisotopic (exact) mass is 1120 g/mol. The van der Waals surface area contributed by atoms with Gasteiger partial charge in [-0.1, -0.05) is 246 Å². The Hall–Kier alpha value is -10.7. The highest BCUT2D eigenvalue weighted by Crippen LogP contribution is 2.66. The van der Waals surface area contributed by atoms with E-state index in [4.69, 9.17) is 4.42 Å². The van der Waals surface area contributed by atoms with Crippen molar-refractivity contribution in [3.63, 3.8) is 0 Å². The van der Waals surface area contributed by atoms with Crippen molar-refractivity contribution in [2.45, 2.75) is 43.9 Å². The SMILES string of the molecule is CC1(C)c2ccccc2-c2cc(N(c3ccc4c(c3)C3(c5ccccc5-c5ccc(N(c6ccc7c(c6)C(C)(C)c6ccccc6-7)c6ccccc6-c6ccccc6)cc53)c3ccc5oc6ccccc6c5c3-4)c3ccccc3-c3ccccc3)ccc21. The second-order valence-electron chi connectivity index (χ2n) is 25.5. The molecule has 0 N–H and O–H groups in total. The zero-order valence-electron chi connectivity index (χ0n) is 49.5. The third-order valence-electron chi connectivity index (χ3n) is 20.3. The van der Waals surface area contributed by atoms with Gasteiger partial charge in [-0.15, -0.1) is 0 Å². The third-order valence-corrected chi connectivity index (χ3v) is 20.3. The van der Waals surface area contributed by atoms with Gasteiger partial charge in [-0.05, 0) is 173 Å². The molecule has 14 aromatic rings. The smallest absolute Gasteiger partial charge is 0.136 e. The van der Waals surface area contributed by atoms with E-state index in [0.717, 1.165) is 72.8 Å². The van der Waals surface area contributed by atoms with Crippen LogP contribution in [0.3, 0.4) is 0 Å². The summed E-state index contributed by atoms with van der Waals surface area (Å²) < 4.78 is 6.84. The molecule has 0 bridgehead atoms. The Kier molecular flexibility index (Phi) is 10.7. The van der Waals surface area contributed by atoms with E-state index >= 15 is 0 Å². The van der Waals surface area contributed by atoms with Crippen LogP contribution in [-0.4, -0.2) is 0 Å². The maximum absolute atomic E-state index is 6.84. The van der Waals surface area contributed by atoms with E-state index in [9.17, 15) is 0 Å². The van der Waals surface area contributed by atoms with Crippen LogP contribution in [0.25, 0.3) is 88.7 Å². The zero-order chi connectivity index (χ0) is 58.6. The van der Waals surface area contributed by atoms with Crippen LogP contribution < -0.4 is 9.80 Å². The van der Waals surface area contributed by atoms with Crippen molar-refractivity contribution in [2.24, 2.45) is 0 Å². The van der Waals surface area contributed by atoms with E-state index in [0.29, 0.717) is 0 Å². The quantitative estimate of drug-likeness (QED) is 0.151. The molecule has 0 amide bonds. The summed E-state index contributed by atoms with van der Waals surface area (Å²) in [6.45, 7) is 9.50. The average molecular weight is 1130 g/mol. The molecule has 88 heavy (non-hydrogen) atoms. The predicted octanol–water partition coefficient (Wildman–Crippen LogP) is 22.8. The second-order valence-corrected chi connectivity index (χ2v) is 25.5. The third kappa shape index (κ3) is 6.96. The van der Waals surface area contributed by atoms with Gasteiger partial charge in [0.2, 0.25) is 0 Å². The van der Waals surface area contributed by atoms with Crippen LogP contribution >= 0.6 is 0 Å². The molecule has 3 heteroatoms. The Bertz CT molecular complexity index is 5240. The van der Waals surface area contributed by atoms with Gasteiger partial charge in [0, 0.05) is 55.5 Å². The summed E-state index contributed by atoms with van der Waals surface area (Å²) in [5, 5.41) is 2.26. The molecule has 0 aliphatic heterocycles. The van der Waals surface area contributed by atoms with Gasteiger partial charge in [-0.2, -0.15) is 0 Å². The number of furan rings is 1. The summed E-state index contributed by atoms with van der Waals surface area (Å²) in [6, 6.07) is 109. The van der Waals surface area contributed by atoms with Gasteiger partial charge < -0.3 is 14.2 Å². The highest BCUT2D eigenvalue weighted by Gasteiger charge is 2.53. The second kappa shape index (κ2) is 18.6. The van der Waals surface area contributed by atoms with E-state index in [1.165, 1.54) is 94.6 Å². The molecule has 1 unspecified atom stereocenters. The summed E-state index contributed by atoms with van der Waals surface area (Å²) in [4.78, 5) is 5.07. The number of nitrogens with zero attached hydrogens (tertiary/aromatic N) is 2. The van der Waals surface area contributed by atoms with Crippen molar-refractivity contribution in [2.75, 3.05) is 9.80 Å². The Labute approximate surface area is 513 Å². The van der Waals surface area contributed by atoms with Crippen molar-refractivity contribution in [3.8, 4) is 66.8 Å². The average Bonchev–Trinajstić information content (AvgIpc) is 1.62. The summed E-state index contributed by atoms with van der Waals surface area (Å²) >= 11 is 0. The molecule has 416 valence electrons.